The monoisotopic (exact) mass is 248 g/mol. The van der Waals surface area contributed by atoms with Gasteiger partial charge in [-0.15, -0.1) is 0 Å². The molecule has 1 aromatic rings. The molecule has 0 bridgehead atoms. The summed E-state index contributed by atoms with van der Waals surface area (Å²) in [6.07, 6.45) is -0.116. The van der Waals surface area contributed by atoms with Crippen molar-refractivity contribution in [2.75, 3.05) is 31.6 Å². The second kappa shape index (κ2) is 6.16. The molecule has 96 valence electrons. The smallest absolute Gasteiger partial charge is 0.233 e. The van der Waals surface area contributed by atoms with Crippen molar-refractivity contribution in [2.24, 2.45) is 0 Å². The van der Waals surface area contributed by atoms with E-state index in [9.17, 15) is 9.59 Å². The van der Waals surface area contributed by atoms with Crippen LogP contribution in [-0.4, -0.2) is 43.0 Å². The van der Waals surface area contributed by atoms with Gasteiger partial charge in [-0.2, -0.15) is 0 Å². The molecule has 1 aliphatic heterocycles. The average Bonchev–Trinajstić information content (AvgIpc) is 2.40. The predicted octanol–water partition coefficient (Wildman–Crippen LogP) is 0.874. The van der Waals surface area contributed by atoms with Gasteiger partial charge in [0, 0.05) is 18.8 Å². The number of carbonyl (C=O) groups is 2. The van der Waals surface area contributed by atoms with E-state index in [0.717, 1.165) is 0 Å². The van der Waals surface area contributed by atoms with Crippen molar-refractivity contribution in [1.82, 2.24) is 4.90 Å². The number of hydrogen-bond acceptors (Lipinski definition) is 3. The molecule has 0 radical (unpaired) electrons. The van der Waals surface area contributed by atoms with Crippen LogP contribution in [0.3, 0.4) is 0 Å². The highest BCUT2D eigenvalue weighted by Crippen LogP contribution is 2.06. The van der Waals surface area contributed by atoms with E-state index in [1.807, 2.05) is 18.2 Å². The molecule has 0 unspecified atom stereocenters. The highest BCUT2D eigenvalue weighted by molar-refractivity contribution is 6.03. The Kier molecular flexibility index (Phi) is 4.30. The summed E-state index contributed by atoms with van der Waals surface area (Å²) in [4.78, 5) is 25.1. The van der Waals surface area contributed by atoms with Gasteiger partial charge in [-0.25, -0.2) is 0 Å². The molecule has 0 atom stereocenters. The number of amides is 2. The van der Waals surface area contributed by atoms with E-state index in [4.69, 9.17) is 4.74 Å². The number of rotatable bonds is 3. The Morgan fingerprint density at radius 1 is 1.17 bits per heavy atom. The molecule has 18 heavy (non-hydrogen) atoms. The minimum Gasteiger partial charge on any atom is -0.378 e. The minimum atomic E-state index is -0.280. The quantitative estimate of drug-likeness (QED) is 0.808. The molecule has 1 aliphatic rings. The van der Waals surface area contributed by atoms with Crippen LogP contribution < -0.4 is 5.32 Å². The number of para-hydroxylation sites is 1. The number of benzene rings is 1. The zero-order valence-corrected chi connectivity index (χ0v) is 10.1. The number of nitrogens with one attached hydrogen (secondary N) is 1. The van der Waals surface area contributed by atoms with Gasteiger partial charge in [-0.05, 0) is 12.1 Å². The summed E-state index contributed by atoms with van der Waals surface area (Å²) >= 11 is 0. The van der Waals surface area contributed by atoms with E-state index < -0.39 is 0 Å². The largest absolute Gasteiger partial charge is 0.378 e. The van der Waals surface area contributed by atoms with Crippen molar-refractivity contribution >= 4 is 17.5 Å². The maximum Gasteiger partial charge on any atom is 0.233 e. The standard InChI is InChI=1S/C13H16N2O3/c16-12(14-11-4-2-1-3-5-11)10-13(17)15-6-8-18-9-7-15/h1-5H,6-10H2,(H,14,16). The van der Waals surface area contributed by atoms with Gasteiger partial charge < -0.3 is 15.0 Å². The van der Waals surface area contributed by atoms with E-state index in [0.29, 0.717) is 32.0 Å². The van der Waals surface area contributed by atoms with Crippen LogP contribution >= 0.6 is 0 Å². The van der Waals surface area contributed by atoms with E-state index in [-0.39, 0.29) is 18.2 Å². The van der Waals surface area contributed by atoms with E-state index in [1.54, 1.807) is 17.0 Å². The summed E-state index contributed by atoms with van der Waals surface area (Å²) in [6, 6.07) is 9.11. The topological polar surface area (TPSA) is 58.6 Å². The lowest BCUT2D eigenvalue weighted by Gasteiger charge is -2.26. The summed E-state index contributed by atoms with van der Waals surface area (Å²) < 4.78 is 5.16. The number of ether oxygens (including phenoxy) is 1. The van der Waals surface area contributed by atoms with Crippen LogP contribution in [-0.2, 0) is 14.3 Å². The SMILES string of the molecule is O=C(CC(=O)N1CCOCC1)Nc1ccccc1. The maximum absolute atomic E-state index is 11.8. The van der Waals surface area contributed by atoms with Crippen molar-refractivity contribution < 1.29 is 14.3 Å². The Morgan fingerprint density at radius 2 is 1.83 bits per heavy atom. The third-order valence-corrected chi connectivity index (χ3v) is 2.73. The molecule has 2 amide bonds. The van der Waals surface area contributed by atoms with Crippen LogP contribution in [0.25, 0.3) is 0 Å². The number of anilines is 1. The van der Waals surface area contributed by atoms with Gasteiger partial charge in [0.2, 0.25) is 11.8 Å². The molecule has 1 aromatic carbocycles. The van der Waals surface area contributed by atoms with Crippen LogP contribution in [0.4, 0.5) is 5.69 Å². The summed E-state index contributed by atoms with van der Waals surface area (Å²) in [5.41, 5.74) is 0.706. The molecule has 0 spiro atoms. The molecule has 5 nitrogen and oxygen atoms in total. The molecule has 5 heteroatoms. The zero-order valence-electron chi connectivity index (χ0n) is 10.1. The van der Waals surface area contributed by atoms with Gasteiger partial charge in [-0.1, -0.05) is 18.2 Å². The molecule has 1 saturated heterocycles. The van der Waals surface area contributed by atoms with Crippen LogP contribution in [0.1, 0.15) is 6.42 Å². The second-order valence-corrected chi connectivity index (χ2v) is 4.08. The Balaban J connectivity index is 1.82. The third-order valence-electron chi connectivity index (χ3n) is 2.73. The first-order valence-electron chi connectivity index (χ1n) is 5.96. The lowest BCUT2D eigenvalue weighted by atomic mass is 10.3. The molecule has 0 aromatic heterocycles. The molecule has 1 N–H and O–H groups in total. The lowest BCUT2D eigenvalue weighted by molar-refractivity contribution is -0.138. The van der Waals surface area contributed by atoms with Gasteiger partial charge in [0.25, 0.3) is 0 Å². The summed E-state index contributed by atoms with van der Waals surface area (Å²) in [5.74, 6) is -0.426. The molecule has 1 heterocycles. The Hall–Kier alpha value is -1.88. The molecule has 1 fully saturated rings. The summed E-state index contributed by atoms with van der Waals surface area (Å²) in [6.45, 7) is 2.23. The Morgan fingerprint density at radius 3 is 2.50 bits per heavy atom. The van der Waals surface area contributed by atoms with Crippen LogP contribution in [0.5, 0.6) is 0 Å². The second-order valence-electron chi connectivity index (χ2n) is 4.08. The lowest BCUT2D eigenvalue weighted by Crippen LogP contribution is -2.41. The first-order chi connectivity index (χ1) is 8.75. The third kappa shape index (κ3) is 3.56. The summed E-state index contributed by atoms with van der Waals surface area (Å²) in [5, 5.41) is 2.69. The molecule has 0 saturated carbocycles. The average molecular weight is 248 g/mol. The fourth-order valence-corrected chi connectivity index (χ4v) is 1.79. The van der Waals surface area contributed by atoms with Gasteiger partial charge in [0.15, 0.2) is 0 Å². The van der Waals surface area contributed by atoms with Gasteiger partial charge in [-0.3, -0.25) is 9.59 Å². The van der Waals surface area contributed by atoms with Crippen molar-refractivity contribution in [3.8, 4) is 0 Å². The Bertz CT molecular complexity index is 414. The normalized spacial score (nSPS) is 15.2. The highest BCUT2D eigenvalue weighted by Gasteiger charge is 2.19. The van der Waals surface area contributed by atoms with Crippen molar-refractivity contribution in [2.45, 2.75) is 6.42 Å². The number of nitrogens with zero attached hydrogens (tertiary/aromatic N) is 1. The molecule has 2 rings (SSSR count). The molecular weight excluding hydrogens is 232 g/mol. The van der Waals surface area contributed by atoms with Crippen LogP contribution in [0, 0.1) is 0 Å². The van der Waals surface area contributed by atoms with Gasteiger partial charge in [0.05, 0.1) is 13.2 Å². The number of morpholine rings is 1. The molecular formula is C13H16N2O3. The minimum absolute atomic E-state index is 0.116. The van der Waals surface area contributed by atoms with Gasteiger partial charge in [0.1, 0.15) is 6.42 Å². The van der Waals surface area contributed by atoms with Crippen LogP contribution in [0.15, 0.2) is 30.3 Å². The van der Waals surface area contributed by atoms with Gasteiger partial charge >= 0.3 is 0 Å². The van der Waals surface area contributed by atoms with Crippen molar-refractivity contribution in [1.29, 1.82) is 0 Å². The predicted molar refractivity (Wildman–Crippen MR) is 67.1 cm³/mol. The highest BCUT2D eigenvalue weighted by atomic mass is 16.5. The van der Waals surface area contributed by atoms with E-state index in [1.165, 1.54) is 0 Å². The van der Waals surface area contributed by atoms with Crippen molar-refractivity contribution in [3.63, 3.8) is 0 Å². The van der Waals surface area contributed by atoms with E-state index in [2.05, 4.69) is 5.32 Å². The first-order valence-corrected chi connectivity index (χ1v) is 5.96. The fraction of sp³-hybridized carbons (Fsp3) is 0.385. The van der Waals surface area contributed by atoms with Crippen LogP contribution in [0.2, 0.25) is 0 Å². The fourth-order valence-electron chi connectivity index (χ4n) is 1.79. The summed E-state index contributed by atoms with van der Waals surface area (Å²) in [7, 11) is 0. The van der Waals surface area contributed by atoms with E-state index >= 15 is 0 Å². The first kappa shape index (κ1) is 12.6. The molecule has 0 aliphatic carbocycles. The number of hydrogen-bond donors (Lipinski definition) is 1. The number of carbonyl (C=O) groups excluding carboxylic acids is 2. The zero-order chi connectivity index (χ0) is 12.8. The van der Waals surface area contributed by atoms with Crippen molar-refractivity contribution in [3.05, 3.63) is 30.3 Å². The Labute approximate surface area is 106 Å². The maximum atomic E-state index is 11.8.